The van der Waals surface area contributed by atoms with Gasteiger partial charge in [0, 0.05) is 10.4 Å². The molecule has 0 spiro atoms. The van der Waals surface area contributed by atoms with E-state index in [0.29, 0.717) is 17.2 Å². The summed E-state index contributed by atoms with van der Waals surface area (Å²) in [6.07, 6.45) is 0. The van der Waals surface area contributed by atoms with Crippen molar-refractivity contribution in [2.45, 2.75) is 40.2 Å². The molecule has 0 aliphatic heterocycles. The highest BCUT2D eigenvalue weighted by atomic mass is 32.1. The van der Waals surface area contributed by atoms with Crippen LogP contribution in [0.5, 0.6) is 0 Å². The van der Waals surface area contributed by atoms with Crippen LogP contribution >= 0.6 is 11.3 Å². The molecule has 0 fully saturated rings. The van der Waals surface area contributed by atoms with Gasteiger partial charge < -0.3 is 10.1 Å². The Bertz CT molecular complexity index is 475. The SMILES string of the molecule is CCOC(=O)c1cc(C)sc1NC(=O)NC(C)(C)C. The molecule has 0 radical (unpaired) electrons. The number of aryl methyl sites for hydroxylation is 1. The van der Waals surface area contributed by atoms with Gasteiger partial charge in [0.1, 0.15) is 5.00 Å². The van der Waals surface area contributed by atoms with Crippen LogP contribution in [-0.2, 0) is 4.74 Å². The van der Waals surface area contributed by atoms with Gasteiger partial charge in [0.2, 0.25) is 0 Å². The van der Waals surface area contributed by atoms with E-state index in [9.17, 15) is 9.59 Å². The number of hydrogen-bond acceptors (Lipinski definition) is 4. The summed E-state index contributed by atoms with van der Waals surface area (Å²) in [7, 11) is 0. The number of carbonyl (C=O) groups excluding carboxylic acids is 2. The smallest absolute Gasteiger partial charge is 0.341 e. The van der Waals surface area contributed by atoms with Crippen LogP contribution in [0.15, 0.2) is 6.07 Å². The highest BCUT2D eigenvalue weighted by Gasteiger charge is 2.19. The number of rotatable bonds is 3. The lowest BCUT2D eigenvalue weighted by Crippen LogP contribution is -2.43. The monoisotopic (exact) mass is 284 g/mol. The highest BCUT2D eigenvalue weighted by Crippen LogP contribution is 2.28. The Hall–Kier alpha value is -1.56. The molecule has 1 rings (SSSR count). The molecule has 1 heterocycles. The van der Waals surface area contributed by atoms with Crippen molar-refractivity contribution >= 4 is 28.3 Å². The zero-order valence-electron chi connectivity index (χ0n) is 11.9. The number of carbonyl (C=O) groups is 2. The lowest BCUT2D eigenvalue weighted by atomic mass is 10.1. The van der Waals surface area contributed by atoms with Crippen molar-refractivity contribution in [3.05, 3.63) is 16.5 Å². The Kier molecular flexibility index (Phi) is 4.94. The number of ether oxygens (including phenoxy) is 1. The predicted octanol–water partition coefficient (Wildman–Crippen LogP) is 3.15. The molecule has 0 aliphatic rings. The zero-order valence-corrected chi connectivity index (χ0v) is 12.7. The van der Waals surface area contributed by atoms with Crippen LogP contribution in [0.1, 0.15) is 42.9 Å². The molecule has 6 heteroatoms. The van der Waals surface area contributed by atoms with Crippen molar-refractivity contribution in [3.8, 4) is 0 Å². The van der Waals surface area contributed by atoms with Gasteiger partial charge in [0.15, 0.2) is 0 Å². The van der Waals surface area contributed by atoms with E-state index in [1.807, 2.05) is 27.7 Å². The fraction of sp³-hybridized carbons (Fsp3) is 0.538. The molecule has 106 valence electrons. The van der Waals surface area contributed by atoms with Gasteiger partial charge in [0.05, 0.1) is 12.2 Å². The Morgan fingerprint density at radius 1 is 1.37 bits per heavy atom. The molecule has 0 saturated heterocycles. The summed E-state index contributed by atoms with van der Waals surface area (Å²) in [5.41, 5.74) is 0.0638. The topological polar surface area (TPSA) is 67.4 Å². The normalized spacial score (nSPS) is 11.0. The average molecular weight is 284 g/mol. The van der Waals surface area contributed by atoms with Crippen molar-refractivity contribution < 1.29 is 14.3 Å². The Balaban J connectivity index is 2.83. The van der Waals surface area contributed by atoms with Crippen molar-refractivity contribution in [1.82, 2.24) is 5.32 Å². The minimum atomic E-state index is -0.419. The molecule has 0 atom stereocenters. The number of anilines is 1. The average Bonchev–Trinajstić information content (AvgIpc) is 2.56. The largest absolute Gasteiger partial charge is 0.462 e. The van der Waals surface area contributed by atoms with Crippen molar-refractivity contribution in [2.75, 3.05) is 11.9 Å². The van der Waals surface area contributed by atoms with Gasteiger partial charge in [-0.05, 0) is 40.7 Å². The Labute approximate surface area is 117 Å². The van der Waals surface area contributed by atoms with Gasteiger partial charge in [-0.3, -0.25) is 5.32 Å². The van der Waals surface area contributed by atoms with Crippen LogP contribution in [0.25, 0.3) is 0 Å². The second-order valence-electron chi connectivity index (χ2n) is 5.15. The maximum absolute atomic E-state index is 11.8. The first-order chi connectivity index (χ1) is 8.73. The molecule has 0 saturated carbocycles. The van der Waals surface area contributed by atoms with E-state index in [-0.39, 0.29) is 11.6 Å². The summed E-state index contributed by atoms with van der Waals surface area (Å²) in [6, 6.07) is 1.38. The molecule has 0 aromatic carbocycles. The van der Waals surface area contributed by atoms with Gasteiger partial charge >= 0.3 is 12.0 Å². The number of esters is 1. The van der Waals surface area contributed by atoms with Crippen LogP contribution in [0.3, 0.4) is 0 Å². The Morgan fingerprint density at radius 2 is 2.00 bits per heavy atom. The molecule has 1 aromatic rings. The van der Waals surface area contributed by atoms with Crippen LogP contribution in [0, 0.1) is 6.92 Å². The molecule has 5 nitrogen and oxygen atoms in total. The van der Waals surface area contributed by atoms with E-state index in [4.69, 9.17) is 4.74 Å². The molecular formula is C13H20N2O3S. The van der Waals surface area contributed by atoms with Gasteiger partial charge in [-0.15, -0.1) is 11.3 Å². The molecule has 0 bridgehead atoms. The molecule has 19 heavy (non-hydrogen) atoms. The van der Waals surface area contributed by atoms with Crippen molar-refractivity contribution in [2.24, 2.45) is 0 Å². The summed E-state index contributed by atoms with van der Waals surface area (Å²) in [5.74, 6) is -0.419. The number of nitrogens with one attached hydrogen (secondary N) is 2. The molecule has 2 amide bonds. The first-order valence-electron chi connectivity index (χ1n) is 6.09. The zero-order chi connectivity index (χ0) is 14.6. The third-order valence-electron chi connectivity index (χ3n) is 2.07. The van der Waals surface area contributed by atoms with Crippen molar-refractivity contribution in [1.29, 1.82) is 0 Å². The maximum Gasteiger partial charge on any atom is 0.341 e. The lowest BCUT2D eigenvalue weighted by Gasteiger charge is -2.20. The van der Waals surface area contributed by atoms with E-state index in [1.54, 1.807) is 13.0 Å². The molecular weight excluding hydrogens is 264 g/mol. The quantitative estimate of drug-likeness (QED) is 0.838. The van der Waals surface area contributed by atoms with E-state index < -0.39 is 5.97 Å². The van der Waals surface area contributed by atoms with Crippen LogP contribution in [0.4, 0.5) is 9.80 Å². The van der Waals surface area contributed by atoms with Gasteiger partial charge in [-0.2, -0.15) is 0 Å². The Morgan fingerprint density at radius 3 is 2.53 bits per heavy atom. The summed E-state index contributed by atoms with van der Waals surface area (Å²) in [4.78, 5) is 24.5. The maximum atomic E-state index is 11.8. The first kappa shape index (κ1) is 15.5. The number of hydrogen-bond donors (Lipinski definition) is 2. The summed E-state index contributed by atoms with van der Waals surface area (Å²) >= 11 is 1.35. The third-order valence-corrected chi connectivity index (χ3v) is 3.03. The summed E-state index contributed by atoms with van der Waals surface area (Å²) in [6.45, 7) is 9.59. The van der Waals surface area contributed by atoms with Crippen LogP contribution < -0.4 is 10.6 Å². The molecule has 0 unspecified atom stereocenters. The first-order valence-corrected chi connectivity index (χ1v) is 6.91. The standard InChI is InChI=1S/C13H20N2O3S/c1-6-18-11(16)9-7-8(2)19-10(9)14-12(17)15-13(3,4)5/h7H,6H2,1-5H3,(H2,14,15,17). The second kappa shape index (κ2) is 6.06. The second-order valence-corrected chi connectivity index (χ2v) is 6.41. The van der Waals surface area contributed by atoms with E-state index in [1.165, 1.54) is 11.3 Å². The molecule has 2 N–H and O–H groups in total. The predicted molar refractivity (Wildman–Crippen MR) is 76.9 cm³/mol. The van der Waals surface area contributed by atoms with E-state index >= 15 is 0 Å². The fourth-order valence-electron chi connectivity index (χ4n) is 1.44. The lowest BCUT2D eigenvalue weighted by molar-refractivity contribution is 0.0528. The van der Waals surface area contributed by atoms with E-state index in [2.05, 4.69) is 10.6 Å². The summed E-state index contributed by atoms with van der Waals surface area (Å²) in [5, 5.41) is 5.99. The number of urea groups is 1. The van der Waals surface area contributed by atoms with Crippen molar-refractivity contribution in [3.63, 3.8) is 0 Å². The number of thiophene rings is 1. The van der Waals surface area contributed by atoms with Crippen LogP contribution in [0.2, 0.25) is 0 Å². The van der Waals surface area contributed by atoms with E-state index in [0.717, 1.165) is 4.88 Å². The van der Waals surface area contributed by atoms with Gasteiger partial charge in [-0.25, -0.2) is 9.59 Å². The minimum absolute atomic E-state index is 0.307. The van der Waals surface area contributed by atoms with Gasteiger partial charge in [-0.1, -0.05) is 0 Å². The molecule has 0 aliphatic carbocycles. The fourth-order valence-corrected chi connectivity index (χ4v) is 2.34. The third kappa shape index (κ3) is 4.90. The molecule has 1 aromatic heterocycles. The van der Waals surface area contributed by atoms with Gasteiger partial charge in [0.25, 0.3) is 0 Å². The number of amides is 2. The van der Waals surface area contributed by atoms with Crippen LogP contribution in [-0.4, -0.2) is 24.1 Å². The summed E-state index contributed by atoms with van der Waals surface area (Å²) < 4.78 is 4.96. The highest BCUT2D eigenvalue weighted by molar-refractivity contribution is 7.16. The minimum Gasteiger partial charge on any atom is -0.462 e.